The number of carbonyl (C=O) groups is 2. The fraction of sp³-hybridized carbons (Fsp3) is 0.467. The zero-order valence-corrected chi connectivity index (χ0v) is 12.1. The molecule has 1 aliphatic heterocycles. The van der Waals surface area contributed by atoms with Crippen LogP contribution in [0.3, 0.4) is 0 Å². The molecular formula is C15H21N3O2. The molecule has 0 unspecified atom stereocenters. The maximum absolute atomic E-state index is 12.1. The molecule has 20 heavy (non-hydrogen) atoms. The number of carbonyl (C=O) groups excluding carboxylic acids is 2. The van der Waals surface area contributed by atoms with Gasteiger partial charge in [-0.3, -0.25) is 9.59 Å². The van der Waals surface area contributed by atoms with Crippen LogP contribution in [0.15, 0.2) is 24.3 Å². The largest absolute Gasteiger partial charge is 0.347 e. The number of likely N-dealkylation sites (N-methyl/N-ethyl adjacent to an activating group) is 1. The highest BCUT2D eigenvalue weighted by Gasteiger charge is 2.25. The monoisotopic (exact) mass is 275 g/mol. The highest BCUT2D eigenvalue weighted by Crippen LogP contribution is 2.18. The van der Waals surface area contributed by atoms with E-state index in [1.165, 1.54) is 5.56 Å². The Balaban J connectivity index is 1.89. The maximum atomic E-state index is 12.1. The minimum absolute atomic E-state index is 0.432. The van der Waals surface area contributed by atoms with E-state index in [1.54, 1.807) is 4.90 Å². The van der Waals surface area contributed by atoms with E-state index < -0.39 is 11.8 Å². The molecular weight excluding hydrogens is 254 g/mol. The van der Waals surface area contributed by atoms with Crippen LogP contribution in [0.2, 0.25) is 0 Å². The zero-order chi connectivity index (χ0) is 14.5. The Hall–Kier alpha value is -1.88. The van der Waals surface area contributed by atoms with Gasteiger partial charge in [0.2, 0.25) is 0 Å². The molecule has 0 atom stereocenters. The van der Waals surface area contributed by atoms with E-state index in [9.17, 15) is 9.59 Å². The summed E-state index contributed by atoms with van der Waals surface area (Å²) in [6.07, 6.45) is 0.812. The third-order valence-electron chi connectivity index (χ3n) is 3.46. The molecule has 1 aromatic rings. The number of amides is 2. The van der Waals surface area contributed by atoms with Crippen LogP contribution in [0.25, 0.3) is 0 Å². The van der Waals surface area contributed by atoms with Gasteiger partial charge in [0.25, 0.3) is 0 Å². The molecule has 0 spiro atoms. The summed E-state index contributed by atoms with van der Waals surface area (Å²) < 4.78 is 0. The Kier molecular flexibility index (Phi) is 4.74. The van der Waals surface area contributed by atoms with Gasteiger partial charge < -0.3 is 15.1 Å². The summed E-state index contributed by atoms with van der Waals surface area (Å²) in [6.45, 7) is 2.34. The van der Waals surface area contributed by atoms with Crippen LogP contribution < -0.4 is 5.32 Å². The summed E-state index contributed by atoms with van der Waals surface area (Å²) >= 11 is 0. The number of hydrogen-bond acceptors (Lipinski definition) is 3. The second-order valence-electron chi connectivity index (χ2n) is 5.30. The molecule has 0 aliphatic carbocycles. The maximum Gasteiger partial charge on any atom is 0.312 e. The molecule has 108 valence electrons. The van der Waals surface area contributed by atoms with Gasteiger partial charge in [-0.15, -0.1) is 0 Å². The van der Waals surface area contributed by atoms with Crippen molar-refractivity contribution in [2.75, 3.05) is 33.7 Å². The molecule has 1 heterocycles. The van der Waals surface area contributed by atoms with E-state index in [0.717, 1.165) is 18.5 Å². The molecule has 1 N–H and O–H groups in total. The summed E-state index contributed by atoms with van der Waals surface area (Å²) in [5, 5.41) is 2.66. The minimum Gasteiger partial charge on any atom is -0.347 e. The molecule has 0 bridgehead atoms. The second-order valence-corrected chi connectivity index (χ2v) is 5.30. The van der Waals surface area contributed by atoms with Gasteiger partial charge in [0.15, 0.2) is 0 Å². The van der Waals surface area contributed by atoms with Crippen molar-refractivity contribution in [3.8, 4) is 0 Å². The van der Waals surface area contributed by atoms with Gasteiger partial charge in [-0.1, -0.05) is 24.3 Å². The fourth-order valence-corrected chi connectivity index (χ4v) is 2.28. The van der Waals surface area contributed by atoms with Crippen LogP contribution in [-0.4, -0.2) is 55.3 Å². The van der Waals surface area contributed by atoms with Crippen molar-refractivity contribution < 1.29 is 9.59 Å². The van der Waals surface area contributed by atoms with Gasteiger partial charge >= 0.3 is 11.8 Å². The van der Waals surface area contributed by atoms with Crippen molar-refractivity contribution >= 4 is 11.8 Å². The normalized spacial score (nSPS) is 14.1. The minimum atomic E-state index is -0.508. The first kappa shape index (κ1) is 14.5. The number of rotatable bonds is 3. The van der Waals surface area contributed by atoms with Crippen LogP contribution in [0.1, 0.15) is 11.1 Å². The lowest BCUT2D eigenvalue weighted by atomic mass is 10.00. The molecule has 1 aromatic carbocycles. The molecule has 0 saturated heterocycles. The van der Waals surface area contributed by atoms with E-state index in [4.69, 9.17) is 0 Å². The zero-order valence-electron chi connectivity index (χ0n) is 12.1. The molecule has 0 radical (unpaired) electrons. The Morgan fingerprint density at radius 1 is 1.25 bits per heavy atom. The Bertz CT molecular complexity index is 500. The van der Waals surface area contributed by atoms with Crippen LogP contribution in [0, 0.1) is 0 Å². The molecule has 1 aliphatic rings. The van der Waals surface area contributed by atoms with Gasteiger partial charge in [-0.25, -0.2) is 0 Å². The number of fused-ring (bicyclic) bond motifs is 1. The quantitative estimate of drug-likeness (QED) is 0.805. The number of nitrogens with one attached hydrogen (secondary N) is 1. The Labute approximate surface area is 119 Å². The lowest BCUT2D eigenvalue weighted by Gasteiger charge is -2.28. The predicted octanol–water partition coefficient (Wildman–Crippen LogP) is 0.249. The topological polar surface area (TPSA) is 52.7 Å². The van der Waals surface area contributed by atoms with Gasteiger partial charge in [-0.05, 0) is 31.6 Å². The molecule has 5 nitrogen and oxygen atoms in total. The summed E-state index contributed by atoms with van der Waals surface area (Å²) in [7, 11) is 3.85. The molecule has 0 fully saturated rings. The first-order valence-electron chi connectivity index (χ1n) is 6.86. The van der Waals surface area contributed by atoms with Gasteiger partial charge in [0, 0.05) is 26.2 Å². The second kappa shape index (κ2) is 6.52. The summed E-state index contributed by atoms with van der Waals surface area (Å²) in [4.78, 5) is 27.5. The molecule has 0 aromatic heterocycles. The van der Waals surface area contributed by atoms with Crippen molar-refractivity contribution in [1.29, 1.82) is 0 Å². The molecule has 2 rings (SSSR count). The third-order valence-corrected chi connectivity index (χ3v) is 3.46. The molecule has 0 saturated carbocycles. The van der Waals surface area contributed by atoms with Crippen LogP contribution in [0.4, 0.5) is 0 Å². The smallest absolute Gasteiger partial charge is 0.312 e. The summed E-state index contributed by atoms with van der Waals surface area (Å²) in [5.74, 6) is -0.940. The van der Waals surface area contributed by atoms with E-state index in [0.29, 0.717) is 19.6 Å². The van der Waals surface area contributed by atoms with Crippen LogP contribution >= 0.6 is 0 Å². The standard InChI is InChI=1S/C15H21N3O2/c1-17(2)10-8-16-14(19)15(20)18-9-7-12-5-3-4-6-13(12)11-18/h3-6H,7-11H2,1-2H3,(H,16,19). The van der Waals surface area contributed by atoms with E-state index in [2.05, 4.69) is 11.4 Å². The lowest BCUT2D eigenvalue weighted by Crippen LogP contribution is -2.46. The van der Waals surface area contributed by atoms with Crippen molar-refractivity contribution in [3.63, 3.8) is 0 Å². The highest BCUT2D eigenvalue weighted by atomic mass is 16.2. The van der Waals surface area contributed by atoms with Gasteiger partial charge in [0.05, 0.1) is 0 Å². The number of hydrogen-bond donors (Lipinski definition) is 1. The molecule has 2 amide bonds. The van der Waals surface area contributed by atoms with E-state index >= 15 is 0 Å². The number of nitrogens with zero attached hydrogens (tertiary/aromatic N) is 2. The van der Waals surface area contributed by atoms with E-state index in [-0.39, 0.29) is 0 Å². The van der Waals surface area contributed by atoms with E-state index in [1.807, 2.05) is 37.2 Å². The highest BCUT2D eigenvalue weighted by molar-refractivity contribution is 6.35. The third kappa shape index (κ3) is 3.57. The van der Waals surface area contributed by atoms with Crippen LogP contribution in [-0.2, 0) is 22.6 Å². The average Bonchev–Trinajstić information content (AvgIpc) is 2.45. The van der Waals surface area contributed by atoms with Crippen molar-refractivity contribution in [2.24, 2.45) is 0 Å². The van der Waals surface area contributed by atoms with Crippen LogP contribution in [0.5, 0.6) is 0 Å². The first-order chi connectivity index (χ1) is 9.58. The SMILES string of the molecule is CN(C)CCNC(=O)C(=O)N1CCc2ccccc2C1. The summed E-state index contributed by atoms with van der Waals surface area (Å²) in [5.41, 5.74) is 2.40. The Morgan fingerprint density at radius 2 is 1.95 bits per heavy atom. The predicted molar refractivity (Wildman–Crippen MR) is 77.1 cm³/mol. The van der Waals surface area contributed by atoms with Crippen molar-refractivity contribution in [1.82, 2.24) is 15.1 Å². The summed E-state index contributed by atoms with van der Waals surface area (Å²) in [6, 6.07) is 8.06. The lowest BCUT2D eigenvalue weighted by molar-refractivity contribution is -0.146. The van der Waals surface area contributed by atoms with Gasteiger partial charge in [-0.2, -0.15) is 0 Å². The Morgan fingerprint density at radius 3 is 2.65 bits per heavy atom. The van der Waals surface area contributed by atoms with Crippen molar-refractivity contribution in [3.05, 3.63) is 35.4 Å². The van der Waals surface area contributed by atoms with Crippen molar-refractivity contribution in [2.45, 2.75) is 13.0 Å². The first-order valence-corrected chi connectivity index (χ1v) is 6.86. The van der Waals surface area contributed by atoms with Gasteiger partial charge in [0.1, 0.15) is 0 Å². The fourth-order valence-electron chi connectivity index (χ4n) is 2.28. The number of benzene rings is 1. The average molecular weight is 275 g/mol. The molecule has 5 heteroatoms.